The Morgan fingerprint density at radius 2 is 1.88 bits per heavy atom. The van der Waals surface area contributed by atoms with Gasteiger partial charge in [-0.05, 0) is 36.4 Å². The number of hydrogen-bond acceptors (Lipinski definition) is 4. The van der Waals surface area contributed by atoms with E-state index in [9.17, 15) is 18.0 Å². The van der Waals surface area contributed by atoms with Crippen molar-refractivity contribution in [3.63, 3.8) is 0 Å². The minimum atomic E-state index is -4.76. The van der Waals surface area contributed by atoms with Crippen LogP contribution in [0.3, 0.4) is 0 Å². The van der Waals surface area contributed by atoms with Crippen LogP contribution in [0.5, 0.6) is 5.75 Å². The molecule has 6 nitrogen and oxygen atoms in total. The molecule has 128 valence electrons. The number of hydrogen-bond donors (Lipinski definition) is 2. The summed E-state index contributed by atoms with van der Waals surface area (Å²) in [6, 6.07) is 8.20. The standard InChI is InChI=1S/C16H11F3N4O2/c17-16(18,19)25-13-3-1-12(2-4-13)22-15(24)11-7-10(8-20-9-11)14-5-6-21-23-14/h1-9H,(H,21,23)(H,22,24). The molecule has 1 amide bonds. The zero-order valence-electron chi connectivity index (χ0n) is 12.5. The quantitative estimate of drug-likeness (QED) is 0.755. The van der Waals surface area contributed by atoms with Crippen LogP contribution >= 0.6 is 0 Å². The summed E-state index contributed by atoms with van der Waals surface area (Å²) in [4.78, 5) is 16.3. The first kappa shape index (κ1) is 16.5. The number of alkyl halides is 3. The SMILES string of the molecule is O=C(Nc1ccc(OC(F)(F)F)cc1)c1cncc(-c2ccn[nH]2)c1. The molecule has 0 radical (unpaired) electrons. The Kier molecular flexibility index (Phi) is 4.38. The molecule has 3 rings (SSSR count). The van der Waals surface area contributed by atoms with Gasteiger partial charge in [0.05, 0.1) is 11.3 Å². The minimum Gasteiger partial charge on any atom is -0.406 e. The molecule has 0 bridgehead atoms. The highest BCUT2D eigenvalue weighted by molar-refractivity contribution is 6.04. The monoisotopic (exact) mass is 348 g/mol. The Morgan fingerprint density at radius 1 is 1.12 bits per heavy atom. The molecule has 2 heterocycles. The Labute approximate surface area is 139 Å². The number of ether oxygens (including phenoxy) is 1. The lowest BCUT2D eigenvalue weighted by atomic mass is 10.1. The van der Waals surface area contributed by atoms with Crippen molar-refractivity contribution >= 4 is 11.6 Å². The van der Waals surface area contributed by atoms with E-state index < -0.39 is 12.3 Å². The highest BCUT2D eigenvalue weighted by Gasteiger charge is 2.30. The fourth-order valence-corrected chi connectivity index (χ4v) is 2.07. The van der Waals surface area contributed by atoms with Crippen LogP contribution in [-0.4, -0.2) is 27.5 Å². The van der Waals surface area contributed by atoms with Gasteiger partial charge < -0.3 is 10.1 Å². The molecule has 0 saturated carbocycles. The molecule has 3 aromatic rings. The van der Waals surface area contributed by atoms with Crippen LogP contribution in [-0.2, 0) is 0 Å². The third-order valence-corrected chi connectivity index (χ3v) is 3.16. The molecule has 0 aliphatic rings. The number of H-pyrrole nitrogens is 1. The van der Waals surface area contributed by atoms with Gasteiger partial charge >= 0.3 is 6.36 Å². The number of benzene rings is 1. The summed E-state index contributed by atoms with van der Waals surface area (Å²) in [5, 5.41) is 9.17. The van der Waals surface area contributed by atoms with Gasteiger partial charge in [-0.2, -0.15) is 5.10 Å². The molecule has 0 fully saturated rings. The lowest BCUT2D eigenvalue weighted by Gasteiger charge is -2.10. The molecule has 0 aliphatic carbocycles. The smallest absolute Gasteiger partial charge is 0.406 e. The van der Waals surface area contributed by atoms with Crippen LogP contribution in [0.1, 0.15) is 10.4 Å². The van der Waals surface area contributed by atoms with Crippen molar-refractivity contribution in [3.05, 3.63) is 60.6 Å². The zero-order valence-corrected chi connectivity index (χ0v) is 12.5. The molecule has 9 heteroatoms. The van der Waals surface area contributed by atoms with E-state index in [4.69, 9.17) is 0 Å². The Hall–Kier alpha value is -3.36. The van der Waals surface area contributed by atoms with Gasteiger partial charge in [0.25, 0.3) is 5.91 Å². The zero-order chi connectivity index (χ0) is 17.9. The van der Waals surface area contributed by atoms with E-state index in [1.54, 1.807) is 24.5 Å². The van der Waals surface area contributed by atoms with Gasteiger partial charge in [0, 0.05) is 29.8 Å². The maximum atomic E-state index is 12.3. The van der Waals surface area contributed by atoms with Crippen LogP contribution < -0.4 is 10.1 Å². The number of pyridine rings is 1. The normalized spacial score (nSPS) is 11.2. The Morgan fingerprint density at radius 3 is 2.52 bits per heavy atom. The molecular formula is C16H11F3N4O2. The van der Waals surface area contributed by atoms with Gasteiger partial charge in [-0.1, -0.05) is 0 Å². The predicted molar refractivity (Wildman–Crippen MR) is 82.9 cm³/mol. The van der Waals surface area contributed by atoms with Gasteiger partial charge in [-0.3, -0.25) is 14.9 Å². The maximum Gasteiger partial charge on any atom is 0.573 e. The largest absolute Gasteiger partial charge is 0.573 e. The summed E-state index contributed by atoms with van der Waals surface area (Å²) in [6.45, 7) is 0. The van der Waals surface area contributed by atoms with Crippen molar-refractivity contribution < 1.29 is 22.7 Å². The number of nitrogens with one attached hydrogen (secondary N) is 2. The molecule has 0 spiro atoms. The number of carbonyl (C=O) groups excluding carboxylic acids is 1. The molecule has 0 unspecified atom stereocenters. The molecule has 0 saturated heterocycles. The van der Waals surface area contributed by atoms with E-state index in [-0.39, 0.29) is 5.75 Å². The van der Waals surface area contributed by atoms with Gasteiger partial charge in [0.1, 0.15) is 5.75 Å². The number of halogens is 3. The van der Waals surface area contributed by atoms with Crippen molar-refractivity contribution in [2.75, 3.05) is 5.32 Å². The minimum absolute atomic E-state index is 0.294. The van der Waals surface area contributed by atoms with Crippen LogP contribution in [0.15, 0.2) is 55.0 Å². The first-order valence-electron chi connectivity index (χ1n) is 7.03. The number of aromatic nitrogens is 3. The van der Waals surface area contributed by atoms with Gasteiger partial charge in [-0.25, -0.2) is 0 Å². The second kappa shape index (κ2) is 6.63. The summed E-state index contributed by atoms with van der Waals surface area (Å²) in [6.07, 6.45) is -0.222. The highest BCUT2D eigenvalue weighted by Crippen LogP contribution is 2.24. The van der Waals surface area contributed by atoms with Crippen LogP contribution in [0, 0.1) is 0 Å². The lowest BCUT2D eigenvalue weighted by Crippen LogP contribution is -2.17. The topological polar surface area (TPSA) is 79.9 Å². The number of carbonyl (C=O) groups is 1. The van der Waals surface area contributed by atoms with Crippen LogP contribution in [0.4, 0.5) is 18.9 Å². The number of nitrogens with zero attached hydrogens (tertiary/aromatic N) is 2. The molecule has 0 atom stereocenters. The van der Waals surface area contributed by atoms with E-state index >= 15 is 0 Å². The van der Waals surface area contributed by atoms with E-state index in [0.717, 1.165) is 12.1 Å². The summed E-state index contributed by atoms with van der Waals surface area (Å²) >= 11 is 0. The van der Waals surface area contributed by atoms with Crippen LogP contribution in [0.2, 0.25) is 0 Å². The fourth-order valence-electron chi connectivity index (χ4n) is 2.07. The van der Waals surface area contributed by atoms with Crippen molar-refractivity contribution in [3.8, 4) is 17.0 Å². The number of anilines is 1. The molecule has 0 aliphatic heterocycles. The Balaban J connectivity index is 1.71. The summed E-state index contributed by atoms with van der Waals surface area (Å²) in [7, 11) is 0. The first-order valence-corrected chi connectivity index (χ1v) is 7.03. The van der Waals surface area contributed by atoms with Crippen molar-refractivity contribution in [2.45, 2.75) is 6.36 Å². The van der Waals surface area contributed by atoms with Crippen molar-refractivity contribution in [2.24, 2.45) is 0 Å². The first-order chi connectivity index (χ1) is 11.9. The molecular weight excluding hydrogens is 337 g/mol. The average molecular weight is 348 g/mol. The summed E-state index contributed by atoms with van der Waals surface area (Å²) < 4.78 is 40.1. The molecule has 25 heavy (non-hydrogen) atoms. The second-order valence-electron chi connectivity index (χ2n) is 4.96. The maximum absolute atomic E-state index is 12.3. The summed E-state index contributed by atoms with van der Waals surface area (Å²) in [5.41, 5.74) is 2.00. The molecule has 2 aromatic heterocycles. The Bertz CT molecular complexity index is 862. The van der Waals surface area contributed by atoms with Crippen molar-refractivity contribution in [1.29, 1.82) is 0 Å². The highest BCUT2D eigenvalue weighted by atomic mass is 19.4. The van der Waals surface area contributed by atoms with E-state index in [1.807, 2.05) is 0 Å². The summed E-state index contributed by atoms with van der Waals surface area (Å²) in [5.74, 6) is -0.813. The average Bonchev–Trinajstić information content (AvgIpc) is 3.10. The fraction of sp³-hybridized carbons (Fsp3) is 0.0625. The number of aromatic amines is 1. The van der Waals surface area contributed by atoms with Crippen LogP contribution in [0.25, 0.3) is 11.3 Å². The number of amides is 1. The predicted octanol–water partition coefficient (Wildman–Crippen LogP) is 3.62. The van der Waals surface area contributed by atoms with E-state index in [2.05, 4.69) is 25.2 Å². The lowest BCUT2D eigenvalue weighted by molar-refractivity contribution is -0.274. The third kappa shape index (κ3) is 4.34. The van der Waals surface area contributed by atoms with Gasteiger partial charge in [-0.15, -0.1) is 13.2 Å². The van der Waals surface area contributed by atoms with Gasteiger partial charge in [0.15, 0.2) is 0 Å². The number of rotatable bonds is 4. The van der Waals surface area contributed by atoms with Crippen molar-refractivity contribution in [1.82, 2.24) is 15.2 Å². The molecule has 1 aromatic carbocycles. The second-order valence-corrected chi connectivity index (χ2v) is 4.96. The van der Waals surface area contributed by atoms with Gasteiger partial charge in [0.2, 0.25) is 0 Å². The van der Waals surface area contributed by atoms with E-state index in [1.165, 1.54) is 18.3 Å². The third-order valence-electron chi connectivity index (χ3n) is 3.16. The van der Waals surface area contributed by atoms with E-state index in [0.29, 0.717) is 22.5 Å². The molecule has 2 N–H and O–H groups in total.